The molecule has 0 aliphatic heterocycles. The van der Waals surface area contributed by atoms with Crippen molar-refractivity contribution in [3.05, 3.63) is 71.5 Å². The Bertz CT molecular complexity index is 818. The monoisotopic (exact) mass is 378 g/mol. The summed E-state index contributed by atoms with van der Waals surface area (Å²) in [5, 5.41) is 0. The minimum absolute atomic E-state index is 0.0122. The van der Waals surface area contributed by atoms with Gasteiger partial charge in [0.1, 0.15) is 11.6 Å². The van der Waals surface area contributed by atoms with Crippen LogP contribution in [-0.4, -0.2) is 11.6 Å². The normalized spacial score (nSPS) is 21.0. The summed E-state index contributed by atoms with van der Waals surface area (Å²) in [6.45, 7) is 3.97. The molecule has 1 unspecified atom stereocenters. The number of hydrogen-bond acceptors (Lipinski definition) is 2. The highest BCUT2D eigenvalue weighted by Gasteiger charge is 2.33. The molecule has 0 radical (unpaired) electrons. The molecular weight excluding hydrogens is 351 g/mol. The smallest absolute Gasteiger partial charge is 0.165 e. The van der Waals surface area contributed by atoms with Gasteiger partial charge in [-0.15, -0.1) is 6.42 Å². The Hall–Kier alpha value is -2.73. The van der Waals surface area contributed by atoms with Gasteiger partial charge in [-0.1, -0.05) is 38.0 Å². The molecule has 28 heavy (non-hydrogen) atoms. The molecule has 0 bridgehead atoms. The average molecular weight is 378 g/mol. The van der Waals surface area contributed by atoms with Crippen LogP contribution in [0.5, 0.6) is 0 Å². The maximum Gasteiger partial charge on any atom is 0.165 e. The Balaban J connectivity index is 0.000000292. The maximum atomic E-state index is 12.9. The quantitative estimate of drug-likeness (QED) is 0.504. The van der Waals surface area contributed by atoms with E-state index >= 15 is 0 Å². The third kappa shape index (κ3) is 6.16. The topological polar surface area (TPSA) is 34.1 Å². The van der Waals surface area contributed by atoms with Crippen molar-refractivity contribution in [2.45, 2.75) is 39.5 Å². The third-order valence-corrected chi connectivity index (χ3v) is 5.19. The lowest BCUT2D eigenvalue weighted by Crippen LogP contribution is -2.31. The van der Waals surface area contributed by atoms with E-state index in [0.717, 1.165) is 18.4 Å². The summed E-state index contributed by atoms with van der Waals surface area (Å²) in [6.07, 6.45) is 7.99. The van der Waals surface area contributed by atoms with Crippen molar-refractivity contribution in [3.8, 4) is 12.3 Å². The fourth-order valence-corrected chi connectivity index (χ4v) is 3.75. The van der Waals surface area contributed by atoms with Gasteiger partial charge in [-0.3, -0.25) is 9.59 Å². The van der Waals surface area contributed by atoms with Crippen molar-refractivity contribution in [2.75, 3.05) is 0 Å². The summed E-state index contributed by atoms with van der Waals surface area (Å²) in [5.41, 5.74) is 1.49. The van der Waals surface area contributed by atoms with Gasteiger partial charge in [0.2, 0.25) is 0 Å². The van der Waals surface area contributed by atoms with E-state index in [9.17, 15) is 14.0 Å². The van der Waals surface area contributed by atoms with Gasteiger partial charge in [-0.25, -0.2) is 4.39 Å². The number of halogens is 1. The molecular formula is C25H27FO2. The van der Waals surface area contributed by atoms with Crippen LogP contribution in [-0.2, 0) is 4.79 Å². The minimum Gasteiger partial charge on any atom is -0.299 e. The zero-order chi connectivity index (χ0) is 20.5. The van der Waals surface area contributed by atoms with Gasteiger partial charge in [-0.2, -0.15) is 0 Å². The first-order valence-corrected chi connectivity index (χ1v) is 9.78. The first-order chi connectivity index (χ1) is 13.4. The third-order valence-electron chi connectivity index (χ3n) is 5.19. The van der Waals surface area contributed by atoms with Crippen LogP contribution in [0.25, 0.3) is 0 Å². The summed E-state index contributed by atoms with van der Waals surface area (Å²) in [7, 11) is 0. The van der Waals surface area contributed by atoms with Crippen LogP contribution >= 0.6 is 0 Å². The molecule has 2 aromatic carbocycles. The first kappa shape index (κ1) is 21.6. The number of carbonyl (C=O) groups excluding carboxylic acids is 2. The molecule has 0 aromatic heterocycles. The molecule has 1 aliphatic carbocycles. The second-order valence-electron chi connectivity index (χ2n) is 7.41. The summed E-state index contributed by atoms with van der Waals surface area (Å²) in [5.74, 6) is 2.79. The van der Waals surface area contributed by atoms with Crippen molar-refractivity contribution in [2.24, 2.45) is 17.8 Å². The lowest BCUT2D eigenvalue weighted by atomic mass is 9.71. The molecule has 3 heteroatoms. The van der Waals surface area contributed by atoms with E-state index in [2.05, 4.69) is 12.8 Å². The standard InChI is InChI=1S/C17H21FO2.C8H6/c1-3-16(19)13-8-11(2)9-14(10-13)17(20)12-4-6-15(18)7-5-12;1-2-8-6-4-3-5-7-8/h4-7,11,13-14H,3,8-10H2,1-2H3;1,3-7H/t11-,13+,14?;/m0./s1. The molecule has 0 N–H and O–H groups in total. The van der Waals surface area contributed by atoms with Crippen LogP contribution in [0.15, 0.2) is 54.6 Å². The van der Waals surface area contributed by atoms with Crippen LogP contribution in [0, 0.1) is 35.9 Å². The molecule has 0 spiro atoms. The van der Waals surface area contributed by atoms with Gasteiger partial charge in [-0.05, 0) is 61.6 Å². The number of Topliss-reactive ketones (excluding diaryl/α,β-unsaturated/α-hetero) is 2. The fraction of sp³-hybridized carbons (Fsp3) is 0.360. The van der Waals surface area contributed by atoms with E-state index in [1.54, 1.807) is 0 Å². The molecule has 1 fully saturated rings. The highest BCUT2D eigenvalue weighted by atomic mass is 19.1. The van der Waals surface area contributed by atoms with Gasteiger partial charge in [0, 0.05) is 29.4 Å². The predicted octanol–water partition coefficient (Wildman–Crippen LogP) is 5.71. The molecule has 2 aromatic rings. The summed E-state index contributed by atoms with van der Waals surface area (Å²) in [4.78, 5) is 24.4. The van der Waals surface area contributed by atoms with Gasteiger partial charge in [0.05, 0.1) is 0 Å². The van der Waals surface area contributed by atoms with Crippen LogP contribution in [0.4, 0.5) is 4.39 Å². The second kappa shape index (κ2) is 10.6. The lowest BCUT2D eigenvalue weighted by Gasteiger charge is -2.31. The van der Waals surface area contributed by atoms with Crippen LogP contribution < -0.4 is 0 Å². The number of benzene rings is 2. The summed E-state index contributed by atoms with van der Waals surface area (Å²) >= 11 is 0. The lowest BCUT2D eigenvalue weighted by molar-refractivity contribution is -0.124. The van der Waals surface area contributed by atoms with Crippen molar-refractivity contribution < 1.29 is 14.0 Å². The van der Waals surface area contributed by atoms with Crippen LogP contribution in [0.3, 0.4) is 0 Å². The highest BCUT2D eigenvalue weighted by molar-refractivity contribution is 5.98. The fourth-order valence-electron chi connectivity index (χ4n) is 3.75. The Morgan fingerprint density at radius 1 is 1.00 bits per heavy atom. The predicted molar refractivity (Wildman–Crippen MR) is 110 cm³/mol. The molecule has 0 heterocycles. The maximum absolute atomic E-state index is 12.9. The Morgan fingerprint density at radius 2 is 1.61 bits per heavy atom. The van der Waals surface area contributed by atoms with Crippen LogP contribution in [0.2, 0.25) is 0 Å². The molecule has 0 saturated heterocycles. The van der Waals surface area contributed by atoms with E-state index in [-0.39, 0.29) is 29.2 Å². The minimum atomic E-state index is -0.336. The largest absolute Gasteiger partial charge is 0.299 e. The molecule has 3 rings (SSSR count). The van der Waals surface area contributed by atoms with Crippen molar-refractivity contribution in [1.29, 1.82) is 0 Å². The zero-order valence-corrected chi connectivity index (χ0v) is 16.5. The van der Waals surface area contributed by atoms with Gasteiger partial charge in [0.15, 0.2) is 5.78 Å². The number of carbonyl (C=O) groups is 2. The van der Waals surface area contributed by atoms with E-state index in [4.69, 9.17) is 6.42 Å². The summed E-state index contributed by atoms with van der Waals surface area (Å²) < 4.78 is 12.9. The van der Waals surface area contributed by atoms with Crippen molar-refractivity contribution in [1.82, 2.24) is 0 Å². The molecule has 0 amide bonds. The van der Waals surface area contributed by atoms with Crippen LogP contribution in [0.1, 0.15) is 55.5 Å². The molecule has 1 aliphatic rings. The molecule has 146 valence electrons. The molecule has 1 saturated carbocycles. The van der Waals surface area contributed by atoms with Gasteiger partial charge < -0.3 is 0 Å². The second-order valence-corrected chi connectivity index (χ2v) is 7.41. The molecule has 2 nitrogen and oxygen atoms in total. The SMILES string of the molecule is C#Cc1ccccc1.CCC(=O)[C@H]1CC(C(=O)c2ccc(F)cc2)C[C@@H](C)C1. The number of rotatable bonds is 4. The number of ketones is 2. The van der Waals surface area contributed by atoms with Crippen molar-refractivity contribution >= 4 is 11.6 Å². The zero-order valence-electron chi connectivity index (χ0n) is 16.5. The molecule has 3 atom stereocenters. The van der Waals surface area contributed by atoms with Gasteiger partial charge in [0.25, 0.3) is 0 Å². The van der Waals surface area contributed by atoms with E-state index < -0.39 is 0 Å². The number of hydrogen-bond donors (Lipinski definition) is 0. The van der Waals surface area contributed by atoms with E-state index in [1.165, 1.54) is 24.3 Å². The first-order valence-electron chi connectivity index (χ1n) is 9.78. The Labute approximate surface area is 167 Å². The highest BCUT2D eigenvalue weighted by Crippen LogP contribution is 2.36. The Kier molecular flexibility index (Phi) is 8.14. The average Bonchev–Trinajstić information content (AvgIpc) is 2.73. The van der Waals surface area contributed by atoms with E-state index in [1.807, 2.05) is 37.3 Å². The van der Waals surface area contributed by atoms with Gasteiger partial charge >= 0.3 is 0 Å². The van der Waals surface area contributed by atoms with Crippen molar-refractivity contribution in [3.63, 3.8) is 0 Å². The van der Waals surface area contributed by atoms with E-state index in [0.29, 0.717) is 24.3 Å². The Morgan fingerprint density at radius 3 is 2.14 bits per heavy atom. The summed E-state index contributed by atoms with van der Waals surface area (Å²) in [6, 6.07) is 15.3. The number of terminal acetylenes is 1.